The molecule has 2 aromatic carbocycles. The van der Waals surface area contributed by atoms with Crippen molar-refractivity contribution < 1.29 is 9.18 Å². The number of rotatable bonds is 6. The standard InChI is InChI=1S/C26H28FN3O/c1-19-8-2-3-12-23(19)26(31)29-25(24-13-4-5-14-28-24)21-10-7-15-30(18-21)17-20-9-6-11-22(27)16-20/h2-6,8-9,11-14,16,21,25H,7,10,15,17-18H2,1H3,(H,29,31)/t21-,25+/m1/s1. The van der Waals surface area contributed by atoms with Crippen molar-refractivity contribution in [2.75, 3.05) is 13.1 Å². The lowest BCUT2D eigenvalue weighted by atomic mass is 9.88. The molecule has 160 valence electrons. The molecule has 2 heterocycles. The molecule has 0 aliphatic carbocycles. The summed E-state index contributed by atoms with van der Waals surface area (Å²) in [6, 6.07) is 20.1. The molecule has 5 heteroatoms. The van der Waals surface area contributed by atoms with E-state index in [0.717, 1.165) is 42.8 Å². The lowest BCUT2D eigenvalue weighted by Crippen LogP contribution is -2.43. The summed E-state index contributed by atoms with van der Waals surface area (Å²) in [4.78, 5) is 20.0. The third-order valence-electron chi connectivity index (χ3n) is 5.99. The molecule has 1 N–H and O–H groups in total. The third-order valence-corrected chi connectivity index (χ3v) is 5.99. The topological polar surface area (TPSA) is 45.2 Å². The first-order chi connectivity index (χ1) is 15.1. The zero-order chi connectivity index (χ0) is 21.6. The van der Waals surface area contributed by atoms with Crippen LogP contribution in [0.3, 0.4) is 0 Å². The molecule has 4 rings (SSSR count). The van der Waals surface area contributed by atoms with Gasteiger partial charge < -0.3 is 5.32 Å². The normalized spacial score (nSPS) is 17.8. The highest BCUT2D eigenvalue weighted by Crippen LogP contribution is 2.30. The monoisotopic (exact) mass is 417 g/mol. The van der Waals surface area contributed by atoms with Gasteiger partial charge in [0.2, 0.25) is 0 Å². The Balaban J connectivity index is 1.53. The van der Waals surface area contributed by atoms with E-state index in [1.165, 1.54) is 6.07 Å². The molecule has 1 aliphatic heterocycles. The summed E-state index contributed by atoms with van der Waals surface area (Å²) >= 11 is 0. The largest absolute Gasteiger partial charge is 0.343 e. The van der Waals surface area contributed by atoms with Crippen LogP contribution in [0.5, 0.6) is 0 Å². The number of hydrogen-bond donors (Lipinski definition) is 1. The number of piperidine rings is 1. The fourth-order valence-electron chi connectivity index (χ4n) is 4.44. The van der Waals surface area contributed by atoms with E-state index in [9.17, 15) is 9.18 Å². The van der Waals surface area contributed by atoms with Crippen molar-refractivity contribution in [3.63, 3.8) is 0 Å². The zero-order valence-electron chi connectivity index (χ0n) is 17.8. The number of benzene rings is 2. The SMILES string of the molecule is Cc1ccccc1C(=O)N[C@H](c1ccccn1)[C@@H]1CCCN(Cc2cccc(F)c2)C1. The summed E-state index contributed by atoms with van der Waals surface area (Å²) in [6.45, 7) is 4.44. The van der Waals surface area contributed by atoms with Crippen LogP contribution in [-0.4, -0.2) is 28.9 Å². The number of amides is 1. The van der Waals surface area contributed by atoms with Gasteiger partial charge in [0.15, 0.2) is 0 Å². The van der Waals surface area contributed by atoms with Gasteiger partial charge in [-0.3, -0.25) is 14.7 Å². The second-order valence-electron chi connectivity index (χ2n) is 8.29. The summed E-state index contributed by atoms with van der Waals surface area (Å²) in [6.07, 6.45) is 3.81. The average Bonchev–Trinajstić information content (AvgIpc) is 2.78. The molecule has 0 saturated carbocycles. The van der Waals surface area contributed by atoms with Crippen molar-refractivity contribution in [1.29, 1.82) is 0 Å². The summed E-state index contributed by atoms with van der Waals surface area (Å²) in [5.74, 6) is -0.0518. The van der Waals surface area contributed by atoms with Crippen LogP contribution in [0.15, 0.2) is 72.9 Å². The van der Waals surface area contributed by atoms with Crippen molar-refractivity contribution in [2.45, 2.75) is 32.4 Å². The van der Waals surface area contributed by atoms with E-state index in [4.69, 9.17) is 0 Å². The molecule has 4 nitrogen and oxygen atoms in total. The molecule has 31 heavy (non-hydrogen) atoms. The van der Waals surface area contributed by atoms with E-state index in [2.05, 4.69) is 15.2 Å². The lowest BCUT2D eigenvalue weighted by molar-refractivity contribution is 0.0874. The van der Waals surface area contributed by atoms with E-state index < -0.39 is 0 Å². The summed E-state index contributed by atoms with van der Waals surface area (Å²) in [5, 5.41) is 3.27. The predicted molar refractivity (Wildman–Crippen MR) is 120 cm³/mol. The Labute approximate surface area is 183 Å². The minimum Gasteiger partial charge on any atom is -0.343 e. The molecule has 2 atom stereocenters. The van der Waals surface area contributed by atoms with Crippen molar-refractivity contribution in [3.8, 4) is 0 Å². The lowest BCUT2D eigenvalue weighted by Gasteiger charge is -2.37. The van der Waals surface area contributed by atoms with Crippen molar-refractivity contribution in [1.82, 2.24) is 15.2 Å². The second kappa shape index (κ2) is 9.84. The number of likely N-dealkylation sites (tertiary alicyclic amines) is 1. The second-order valence-corrected chi connectivity index (χ2v) is 8.29. The first kappa shape index (κ1) is 21.2. The van der Waals surface area contributed by atoms with Gasteiger partial charge in [-0.2, -0.15) is 0 Å². The van der Waals surface area contributed by atoms with Gasteiger partial charge in [0.25, 0.3) is 5.91 Å². The number of hydrogen-bond acceptors (Lipinski definition) is 3. The molecule has 0 unspecified atom stereocenters. The highest BCUT2D eigenvalue weighted by Gasteiger charge is 2.31. The molecule has 1 aliphatic rings. The Bertz CT molecular complexity index is 1020. The zero-order valence-corrected chi connectivity index (χ0v) is 17.8. The first-order valence-electron chi connectivity index (χ1n) is 10.8. The highest BCUT2D eigenvalue weighted by molar-refractivity contribution is 5.95. The van der Waals surface area contributed by atoms with Crippen LogP contribution >= 0.6 is 0 Å². The average molecular weight is 418 g/mol. The van der Waals surface area contributed by atoms with Gasteiger partial charge in [0.1, 0.15) is 5.82 Å². The Morgan fingerprint density at radius 1 is 1.16 bits per heavy atom. The van der Waals surface area contributed by atoms with Crippen LogP contribution in [0.4, 0.5) is 4.39 Å². The van der Waals surface area contributed by atoms with Crippen LogP contribution in [0.2, 0.25) is 0 Å². The molecule has 0 radical (unpaired) electrons. The molecule has 0 bridgehead atoms. The van der Waals surface area contributed by atoms with Crippen LogP contribution in [0, 0.1) is 18.7 Å². The van der Waals surface area contributed by atoms with Crippen molar-refractivity contribution in [3.05, 3.63) is 101 Å². The van der Waals surface area contributed by atoms with E-state index in [0.29, 0.717) is 12.1 Å². The molecule has 1 aromatic heterocycles. The number of carbonyl (C=O) groups excluding carboxylic acids is 1. The Morgan fingerprint density at radius 2 is 2.00 bits per heavy atom. The Hall–Kier alpha value is -3.05. The molecular formula is C26H28FN3O. The molecule has 1 amide bonds. The maximum Gasteiger partial charge on any atom is 0.252 e. The van der Waals surface area contributed by atoms with Crippen LogP contribution in [0.25, 0.3) is 0 Å². The minimum absolute atomic E-state index is 0.0731. The van der Waals surface area contributed by atoms with E-state index >= 15 is 0 Å². The van der Waals surface area contributed by atoms with E-state index in [1.807, 2.05) is 55.5 Å². The number of nitrogens with one attached hydrogen (secondary N) is 1. The highest BCUT2D eigenvalue weighted by atomic mass is 19.1. The van der Waals surface area contributed by atoms with Gasteiger partial charge in [0.05, 0.1) is 11.7 Å². The smallest absolute Gasteiger partial charge is 0.252 e. The summed E-state index contributed by atoms with van der Waals surface area (Å²) < 4.78 is 13.6. The maximum atomic E-state index is 13.6. The van der Waals surface area contributed by atoms with Gasteiger partial charge in [-0.1, -0.05) is 36.4 Å². The fraction of sp³-hybridized carbons (Fsp3) is 0.308. The quantitative estimate of drug-likeness (QED) is 0.620. The molecule has 3 aromatic rings. The van der Waals surface area contributed by atoms with Crippen LogP contribution in [0.1, 0.15) is 46.1 Å². The summed E-state index contributed by atoms with van der Waals surface area (Å²) in [5.41, 5.74) is 3.49. The van der Waals surface area contributed by atoms with E-state index in [1.54, 1.807) is 18.3 Å². The predicted octanol–water partition coefficient (Wildman–Crippen LogP) is 4.91. The Kier molecular flexibility index (Phi) is 6.73. The first-order valence-corrected chi connectivity index (χ1v) is 10.8. The molecular weight excluding hydrogens is 389 g/mol. The van der Waals surface area contributed by atoms with Crippen molar-refractivity contribution in [2.24, 2.45) is 5.92 Å². The minimum atomic E-state index is -0.206. The van der Waals surface area contributed by atoms with Crippen LogP contribution in [-0.2, 0) is 6.54 Å². The van der Waals surface area contributed by atoms with Gasteiger partial charge in [-0.25, -0.2) is 4.39 Å². The number of pyridine rings is 1. The van der Waals surface area contributed by atoms with Crippen LogP contribution < -0.4 is 5.32 Å². The number of halogens is 1. The summed E-state index contributed by atoms with van der Waals surface area (Å²) in [7, 11) is 0. The molecule has 0 spiro atoms. The van der Waals surface area contributed by atoms with Gasteiger partial charge in [-0.15, -0.1) is 0 Å². The Morgan fingerprint density at radius 3 is 2.77 bits per heavy atom. The van der Waals surface area contributed by atoms with E-state index in [-0.39, 0.29) is 23.7 Å². The fourth-order valence-corrected chi connectivity index (χ4v) is 4.44. The van der Waals surface area contributed by atoms with Crippen molar-refractivity contribution >= 4 is 5.91 Å². The number of carbonyl (C=O) groups is 1. The number of aryl methyl sites for hydroxylation is 1. The van der Waals surface area contributed by atoms with Gasteiger partial charge in [0, 0.05) is 24.8 Å². The molecule has 1 fully saturated rings. The third kappa shape index (κ3) is 5.36. The number of nitrogens with zero attached hydrogens (tertiary/aromatic N) is 2. The van der Waals surface area contributed by atoms with Gasteiger partial charge >= 0.3 is 0 Å². The molecule has 1 saturated heterocycles. The van der Waals surface area contributed by atoms with Gasteiger partial charge in [-0.05, 0) is 73.7 Å². The number of aromatic nitrogens is 1. The maximum absolute atomic E-state index is 13.6.